The Kier molecular flexibility index (Phi) is 6.32. The monoisotopic (exact) mass is 556 g/mol. The van der Waals surface area contributed by atoms with Gasteiger partial charge in [0.05, 0.1) is 4.47 Å². The van der Waals surface area contributed by atoms with Crippen molar-refractivity contribution in [2.45, 2.75) is 0 Å². The first-order valence-corrected chi connectivity index (χ1v) is 7.87. The van der Waals surface area contributed by atoms with Crippen molar-refractivity contribution < 1.29 is 13.9 Å². The van der Waals surface area contributed by atoms with E-state index in [0.29, 0.717) is 8.95 Å². The fraction of sp³-hybridized carbons (Fsp3) is 0. The smallest absolute Gasteiger partial charge is 0.374 e. The van der Waals surface area contributed by atoms with Crippen LogP contribution >= 0.6 is 79.6 Å². The maximum absolute atomic E-state index is 13.2. The summed E-state index contributed by atoms with van der Waals surface area (Å²) in [7, 11) is 0. The molecule has 0 saturated carbocycles. The van der Waals surface area contributed by atoms with Gasteiger partial charge in [0, 0.05) is 8.95 Å². The molecule has 1 rings (SSSR count). The minimum Gasteiger partial charge on any atom is -0.420 e. The van der Waals surface area contributed by atoms with Crippen LogP contribution in [0.15, 0.2) is 34.8 Å². The molecule has 0 bridgehead atoms. The molecule has 1 aromatic rings. The van der Waals surface area contributed by atoms with Gasteiger partial charge in [-0.05, 0) is 91.8 Å². The van der Waals surface area contributed by atoms with Crippen molar-refractivity contribution in [1.82, 2.24) is 0 Å². The van der Waals surface area contributed by atoms with E-state index in [1.807, 2.05) is 0 Å². The molecule has 17 heavy (non-hydrogen) atoms. The highest BCUT2D eigenvalue weighted by atomic mass is 79.9. The van der Waals surface area contributed by atoms with Gasteiger partial charge in [0.15, 0.2) is 0 Å². The molecule has 0 N–H and O–H groups in total. The van der Waals surface area contributed by atoms with Gasteiger partial charge in [-0.2, -0.15) is 4.39 Å². The predicted octanol–water partition coefficient (Wildman–Crippen LogP) is 5.81. The summed E-state index contributed by atoms with van der Waals surface area (Å²) in [6.45, 7) is 0. The van der Waals surface area contributed by atoms with Crippen LogP contribution < -0.4 is 4.74 Å². The van der Waals surface area contributed by atoms with E-state index in [1.165, 1.54) is 6.07 Å². The van der Waals surface area contributed by atoms with Crippen LogP contribution in [-0.4, -0.2) is 5.97 Å². The first kappa shape index (κ1) is 15.8. The second kappa shape index (κ2) is 6.79. The number of halogens is 6. The first-order valence-electron chi connectivity index (χ1n) is 3.91. The van der Waals surface area contributed by atoms with Crippen molar-refractivity contribution in [3.63, 3.8) is 0 Å². The summed E-state index contributed by atoms with van der Waals surface area (Å²) in [4.78, 5) is 11.3. The van der Waals surface area contributed by atoms with Gasteiger partial charge in [0.1, 0.15) is 9.14 Å². The minimum absolute atomic E-state index is 0.0951. The van der Waals surface area contributed by atoms with Crippen LogP contribution in [0.1, 0.15) is 0 Å². The zero-order chi connectivity index (χ0) is 13.2. The molecular weight excluding hydrogens is 559 g/mol. The summed E-state index contributed by atoms with van der Waals surface area (Å²) >= 11 is 15.4. The normalized spacial score (nSPS) is 10.0. The van der Waals surface area contributed by atoms with E-state index >= 15 is 0 Å². The molecule has 0 spiro atoms. The summed E-state index contributed by atoms with van der Waals surface area (Å²) in [5.74, 6) is -1.93. The first-order chi connectivity index (χ1) is 7.84. The lowest BCUT2D eigenvalue weighted by molar-refractivity contribution is -0.131. The second-order valence-corrected chi connectivity index (χ2v) is 7.73. The number of rotatable bonds is 2. The van der Waals surface area contributed by atoms with Crippen molar-refractivity contribution >= 4 is 85.6 Å². The van der Waals surface area contributed by atoms with E-state index < -0.39 is 11.8 Å². The summed E-state index contributed by atoms with van der Waals surface area (Å²) < 4.78 is 19.9. The molecule has 0 radical (unpaired) electrons. The molecule has 0 saturated heterocycles. The Labute approximate surface area is 139 Å². The summed E-state index contributed by atoms with van der Waals surface area (Å²) in [5, 5.41) is 0. The number of carbonyl (C=O) groups is 1. The van der Waals surface area contributed by atoms with Gasteiger partial charge in [-0.1, -0.05) is 0 Å². The van der Waals surface area contributed by atoms with Crippen molar-refractivity contribution in [2.75, 3.05) is 0 Å². The molecule has 0 aliphatic rings. The lowest BCUT2D eigenvalue weighted by Gasteiger charge is -2.07. The zero-order valence-electron chi connectivity index (χ0n) is 7.74. The average Bonchev–Trinajstić information content (AvgIpc) is 2.28. The largest absolute Gasteiger partial charge is 0.420 e. The number of ether oxygens (including phenoxy) is 1. The number of hydrogen-bond acceptors (Lipinski definition) is 2. The molecule has 0 amide bonds. The van der Waals surface area contributed by atoms with Crippen molar-refractivity contribution in [3.8, 4) is 5.75 Å². The van der Waals surface area contributed by atoms with E-state index in [0.717, 1.165) is 4.47 Å². The van der Waals surface area contributed by atoms with E-state index in [4.69, 9.17) is 4.74 Å². The third-order valence-corrected chi connectivity index (χ3v) is 5.58. The van der Waals surface area contributed by atoms with Gasteiger partial charge in [-0.15, -0.1) is 0 Å². The molecule has 0 unspecified atom stereocenters. The highest BCUT2D eigenvalue weighted by molar-refractivity contribution is 9.28. The quantitative estimate of drug-likeness (QED) is 0.198. The lowest BCUT2D eigenvalue weighted by Crippen LogP contribution is -2.09. The third-order valence-electron chi connectivity index (χ3n) is 1.55. The lowest BCUT2D eigenvalue weighted by atomic mass is 10.3. The molecule has 0 atom stereocenters. The van der Waals surface area contributed by atoms with Gasteiger partial charge in [-0.3, -0.25) is 0 Å². The average molecular weight is 561 g/mol. The van der Waals surface area contributed by atoms with Gasteiger partial charge in [-0.25, -0.2) is 4.79 Å². The summed E-state index contributed by atoms with van der Waals surface area (Å²) in [6, 6.07) is 3.20. The van der Waals surface area contributed by atoms with Gasteiger partial charge in [0.25, 0.3) is 0 Å². The molecule has 0 aliphatic heterocycles. The second-order valence-electron chi connectivity index (χ2n) is 2.64. The van der Waals surface area contributed by atoms with Crippen LogP contribution in [-0.2, 0) is 4.79 Å². The Balaban J connectivity index is 3.02. The van der Waals surface area contributed by atoms with Crippen molar-refractivity contribution in [2.24, 2.45) is 0 Å². The zero-order valence-corrected chi connectivity index (χ0v) is 15.7. The summed E-state index contributed by atoms with van der Waals surface area (Å²) in [5.41, 5.74) is 0. The van der Waals surface area contributed by atoms with Gasteiger partial charge < -0.3 is 4.74 Å². The number of hydrogen-bond donors (Lipinski definition) is 0. The third kappa shape index (κ3) is 4.12. The Bertz CT molecular complexity index is 496. The molecule has 8 heteroatoms. The number of esters is 1. The molecule has 0 aliphatic carbocycles. The van der Waals surface area contributed by atoms with Crippen LogP contribution in [0.5, 0.6) is 5.75 Å². The Morgan fingerprint density at radius 1 is 1.12 bits per heavy atom. The van der Waals surface area contributed by atoms with Crippen LogP contribution in [0.4, 0.5) is 4.39 Å². The SMILES string of the molecule is O=C(Oc1ccc(Br)c(Br)c1Br)C(F)=C(Br)Br. The Morgan fingerprint density at radius 3 is 2.24 bits per heavy atom. The Hall–Kier alpha value is 0.760. The van der Waals surface area contributed by atoms with E-state index in [9.17, 15) is 9.18 Å². The minimum atomic E-state index is -1.09. The highest BCUT2D eigenvalue weighted by Gasteiger charge is 2.18. The van der Waals surface area contributed by atoms with Crippen LogP contribution in [0, 0.1) is 0 Å². The molecule has 0 heterocycles. The van der Waals surface area contributed by atoms with Crippen LogP contribution in [0.25, 0.3) is 0 Å². The molecule has 0 fully saturated rings. The van der Waals surface area contributed by atoms with Crippen LogP contribution in [0.2, 0.25) is 0 Å². The fourth-order valence-corrected chi connectivity index (χ4v) is 2.48. The molecular formula is C9H2Br5FO2. The van der Waals surface area contributed by atoms with Crippen LogP contribution in [0.3, 0.4) is 0 Å². The molecule has 2 nitrogen and oxygen atoms in total. The van der Waals surface area contributed by atoms with Crippen molar-refractivity contribution in [1.29, 1.82) is 0 Å². The fourth-order valence-electron chi connectivity index (χ4n) is 0.809. The number of carbonyl (C=O) groups excluding carboxylic acids is 1. The molecule has 92 valence electrons. The number of benzene rings is 1. The van der Waals surface area contributed by atoms with Gasteiger partial charge >= 0.3 is 5.97 Å². The topological polar surface area (TPSA) is 26.3 Å². The molecule has 1 aromatic carbocycles. The molecule has 0 aromatic heterocycles. The Morgan fingerprint density at radius 2 is 1.71 bits per heavy atom. The maximum Gasteiger partial charge on any atom is 0.374 e. The maximum atomic E-state index is 13.2. The van der Waals surface area contributed by atoms with E-state index in [2.05, 4.69) is 79.6 Å². The standard InChI is InChI=1S/C9H2Br5FO2/c10-3-1-2-4(6(12)5(3)11)17-9(16)7(15)8(13)14/h1-2H. The van der Waals surface area contributed by atoms with Gasteiger partial charge in [0.2, 0.25) is 5.83 Å². The van der Waals surface area contributed by atoms with Crippen molar-refractivity contribution in [3.05, 3.63) is 34.8 Å². The van der Waals surface area contributed by atoms with E-state index in [1.54, 1.807) is 6.07 Å². The van der Waals surface area contributed by atoms with E-state index in [-0.39, 0.29) is 9.14 Å². The summed E-state index contributed by atoms with van der Waals surface area (Å²) in [6.07, 6.45) is 0. The predicted molar refractivity (Wildman–Crippen MR) is 81.2 cm³/mol. The highest BCUT2D eigenvalue weighted by Crippen LogP contribution is 2.38.